The van der Waals surface area contributed by atoms with E-state index < -0.39 is 0 Å². The fourth-order valence-electron chi connectivity index (χ4n) is 7.09. The highest BCUT2D eigenvalue weighted by Crippen LogP contribution is 2.21. The van der Waals surface area contributed by atoms with Crippen molar-refractivity contribution in [2.75, 3.05) is 45.9 Å². The molecule has 1 unspecified atom stereocenters. The second kappa shape index (κ2) is 39.3. The van der Waals surface area contributed by atoms with Gasteiger partial charge in [-0.25, -0.2) is 0 Å². The molecule has 318 valence electrons. The molecule has 0 rings (SSSR count). The molecule has 0 N–H and O–H groups in total. The van der Waals surface area contributed by atoms with Crippen molar-refractivity contribution >= 4 is 17.8 Å². The monoisotopic (exact) mass is 763 g/mol. The Morgan fingerprint density at radius 3 is 1.52 bits per heavy atom. The number of carbonyl (C=O) groups is 3. The molecule has 0 saturated carbocycles. The van der Waals surface area contributed by atoms with Gasteiger partial charge in [-0.3, -0.25) is 14.4 Å². The summed E-state index contributed by atoms with van der Waals surface area (Å²) in [7, 11) is 0. The third kappa shape index (κ3) is 33.4. The van der Waals surface area contributed by atoms with Crippen molar-refractivity contribution in [1.29, 1.82) is 0 Å². The molecular weight excluding hydrogens is 673 g/mol. The first-order valence-corrected chi connectivity index (χ1v) is 23.3. The molecule has 0 aromatic rings. The summed E-state index contributed by atoms with van der Waals surface area (Å²) in [6.45, 7) is 16.8. The highest BCUT2D eigenvalue weighted by molar-refractivity contribution is 5.76. The highest BCUT2D eigenvalue weighted by Gasteiger charge is 2.21. The van der Waals surface area contributed by atoms with E-state index >= 15 is 0 Å². The fraction of sp³-hybridized carbons (Fsp3) is 0.894. The van der Waals surface area contributed by atoms with Gasteiger partial charge in [0.05, 0.1) is 19.0 Å². The third-order valence-electron chi connectivity index (χ3n) is 10.6. The van der Waals surface area contributed by atoms with Crippen LogP contribution in [0.15, 0.2) is 12.2 Å². The van der Waals surface area contributed by atoms with E-state index in [9.17, 15) is 14.4 Å². The Morgan fingerprint density at radius 2 is 1.00 bits per heavy atom. The SMILES string of the molecule is CCCCCCCC/C=C\CCCCCCCC(=O)OCCN(CCOC(=O)C(CCCCCC)CCCCCCCC)C(=O)CCN(CC)CC(C)C. The molecule has 0 aliphatic carbocycles. The van der Waals surface area contributed by atoms with Crippen molar-refractivity contribution < 1.29 is 23.9 Å². The van der Waals surface area contributed by atoms with Gasteiger partial charge in [-0.1, -0.05) is 169 Å². The van der Waals surface area contributed by atoms with Crippen LogP contribution in [0.4, 0.5) is 0 Å². The van der Waals surface area contributed by atoms with E-state index in [2.05, 4.69) is 58.6 Å². The van der Waals surface area contributed by atoms with E-state index in [-0.39, 0.29) is 37.0 Å². The van der Waals surface area contributed by atoms with Crippen molar-refractivity contribution in [3.63, 3.8) is 0 Å². The first-order chi connectivity index (χ1) is 26.3. The van der Waals surface area contributed by atoms with Crippen LogP contribution in [0.5, 0.6) is 0 Å². The first kappa shape index (κ1) is 52.1. The molecule has 0 aromatic carbocycles. The van der Waals surface area contributed by atoms with E-state index in [4.69, 9.17) is 9.47 Å². The summed E-state index contributed by atoms with van der Waals surface area (Å²) < 4.78 is 11.4. The van der Waals surface area contributed by atoms with Gasteiger partial charge >= 0.3 is 11.9 Å². The van der Waals surface area contributed by atoms with E-state index in [0.29, 0.717) is 38.4 Å². The topological polar surface area (TPSA) is 76.1 Å². The zero-order valence-electron chi connectivity index (χ0n) is 36.8. The smallest absolute Gasteiger partial charge is 0.308 e. The molecule has 0 fully saturated rings. The third-order valence-corrected chi connectivity index (χ3v) is 10.6. The van der Waals surface area contributed by atoms with Crippen LogP contribution in [0.25, 0.3) is 0 Å². The second-order valence-electron chi connectivity index (χ2n) is 16.2. The van der Waals surface area contributed by atoms with Gasteiger partial charge < -0.3 is 19.3 Å². The molecule has 0 aliphatic rings. The summed E-state index contributed by atoms with van der Waals surface area (Å²) in [6.07, 6.45) is 35.0. The minimum Gasteiger partial charge on any atom is -0.464 e. The lowest BCUT2D eigenvalue weighted by molar-refractivity contribution is -0.151. The molecule has 7 heteroatoms. The van der Waals surface area contributed by atoms with Crippen LogP contribution in [0.1, 0.15) is 215 Å². The van der Waals surface area contributed by atoms with E-state index in [1.165, 1.54) is 103 Å². The average molecular weight is 763 g/mol. The number of hydrogen-bond acceptors (Lipinski definition) is 6. The Balaban J connectivity index is 4.74. The Labute approximate surface area is 335 Å². The van der Waals surface area contributed by atoms with Crippen LogP contribution in [0.3, 0.4) is 0 Å². The normalized spacial score (nSPS) is 12.2. The number of amides is 1. The maximum absolute atomic E-state index is 13.4. The number of carbonyl (C=O) groups excluding carboxylic acids is 3. The number of rotatable bonds is 40. The van der Waals surface area contributed by atoms with Crippen molar-refractivity contribution in [3.05, 3.63) is 12.2 Å². The molecular formula is C47H90N2O5. The van der Waals surface area contributed by atoms with Crippen molar-refractivity contribution in [3.8, 4) is 0 Å². The highest BCUT2D eigenvalue weighted by atomic mass is 16.5. The molecule has 0 heterocycles. The summed E-state index contributed by atoms with van der Waals surface area (Å²) in [4.78, 5) is 43.3. The van der Waals surface area contributed by atoms with Gasteiger partial charge in [-0.05, 0) is 57.4 Å². The van der Waals surface area contributed by atoms with Crippen LogP contribution in [-0.4, -0.2) is 73.6 Å². The van der Waals surface area contributed by atoms with Gasteiger partial charge in [-0.15, -0.1) is 0 Å². The Morgan fingerprint density at radius 1 is 0.537 bits per heavy atom. The summed E-state index contributed by atoms with van der Waals surface area (Å²) in [5, 5.41) is 0. The fourth-order valence-corrected chi connectivity index (χ4v) is 7.09. The van der Waals surface area contributed by atoms with Crippen LogP contribution in [0, 0.1) is 11.8 Å². The van der Waals surface area contributed by atoms with Gasteiger partial charge in [0.2, 0.25) is 5.91 Å². The quantitative estimate of drug-likeness (QED) is 0.0351. The first-order valence-electron chi connectivity index (χ1n) is 23.3. The number of allylic oxidation sites excluding steroid dienone is 2. The molecule has 1 atom stereocenters. The zero-order chi connectivity index (χ0) is 39.9. The largest absolute Gasteiger partial charge is 0.464 e. The Kier molecular flexibility index (Phi) is 38.0. The van der Waals surface area contributed by atoms with Gasteiger partial charge in [0.1, 0.15) is 13.2 Å². The molecule has 7 nitrogen and oxygen atoms in total. The maximum Gasteiger partial charge on any atom is 0.308 e. The summed E-state index contributed by atoms with van der Waals surface area (Å²) in [5.41, 5.74) is 0. The van der Waals surface area contributed by atoms with Crippen molar-refractivity contribution in [2.24, 2.45) is 11.8 Å². The summed E-state index contributed by atoms with van der Waals surface area (Å²) in [6, 6.07) is 0. The lowest BCUT2D eigenvalue weighted by Crippen LogP contribution is -2.40. The average Bonchev–Trinajstić information content (AvgIpc) is 3.16. The van der Waals surface area contributed by atoms with Crippen LogP contribution in [0.2, 0.25) is 0 Å². The number of ether oxygens (including phenoxy) is 2. The lowest BCUT2D eigenvalue weighted by atomic mass is 9.94. The van der Waals surface area contributed by atoms with Crippen molar-refractivity contribution in [2.45, 2.75) is 215 Å². The number of hydrogen-bond donors (Lipinski definition) is 0. The zero-order valence-corrected chi connectivity index (χ0v) is 36.8. The van der Waals surface area contributed by atoms with E-state index in [0.717, 1.165) is 70.9 Å². The second-order valence-corrected chi connectivity index (χ2v) is 16.2. The number of unbranched alkanes of at least 4 members (excludes halogenated alkanes) is 19. The van der Waals surface area contributed by atoms with Gasteiger partial charge in [0.25, 0.3) is 0 Å². The Hall–Kier alpha value is -1.89. The Bertz CT molecular complexity index is 891. The van der Waals surface area contributed by atoms with Crippen LogP contribution >= 0.6 is 0 Å². The van der Waals surface area contributed by atoms with E-state index in [1.54, 1.807) is 4.90 Å². The van der Waals surface area contributed by atoms with Gasteiger partial charge in [0.15, 0.2) is 0 Å². The molecule has 0 aromatic heterocycles. The number of nitrogens with zero attached hydrogens (tertiary/aromatic N) is 2. The number of esters is 2. The summed E-state index contributed by atoms with van der Waals surface area (Å²) >= 11 is 0. The molecule has 0 saturated heterocycles. The molecule has 0 bridgehead atoms. The van der Waals surface area contributed by atoms with Gasteiger partial charge in [0, 0.05) is 25.9 Å². The molecule has 0 aliphatic heterocycles. The van der Waals surface area contributed by atoms with Crippen LogP contribution in [-0.2, 0) is 23.9 Å². The van der Waals surface area contributed by atoms with Gasteiger partial charge in [-0.2, -0.15) is 0 Å². The molecule has 0 spiro atoms. The van der Waals surface area contributed by atoms with Crippen LogP contribution < -0.4 is 0 Å². The predicted molar refractivity (Wildman–Crippen MR) is 230 cm³/mol. The van der Waals surface area contributed by atoms with Crippen molar-refractivity contribution in [1.82, 2.24) is 9.80 Å². The minimum atomic E-state index is -0.193. The minimum absolute atomic E-state index is 0.0183. The molecule has 0 radical (unpaired) electrons. The predicted octanol–water partition coefficient (Wildman–Crippen LogP) is 12.6. The molecule has 54 heavy (non-hydrogen) atoms. The molecule has 1 amide bonds. The van der Waals surface area contributed by atoms with E-state index in [1.807, 2.05) is 0 Å². The standard InChI is InChI=1S/C47H90N2O5/c1-7-11-14-17-19-20-21-22-23-24-25-26-27-29-32-35-46(51)53-40-38-49(45(50)36-37-48(10-4)42-43(5)6)39-41-54-47(52)44(33-30-16-13-9-3)34-31-28-18-15-12-8-2/h22-23,43-44H,7-21,24-42H2,1-6H3/b23-22-. The summed E-state index contributed by atoms with van der Waals surface area (Å²) in [5.74, 6) is 0.172. The maximum atomic E-state index is 13.4. The lowest BCUT2D eigenvalue weighted by Gasteiger charge is -2.26.